The van der Waals surface area contributed by atoms with Gasteiger partial charge in [0.25, 0.3) is 5.91 Å². The van der Waals surface area contributed by atoms with Crippen molar-refractivity contribution in [2.24, 2.45) is 0 Å². The van der Waals surface area contributed by atoms with Gasteiger partial charge < -0.3 is 10.6 Å². The first-order chi connectivity index (χ1) is 9.54. The normalized spacial score (nSPS) is 9.85. The van der Waals surface area contributed by atoms with Gasteiger partial charge in [0.2, 0.25) is 0 Å². The Balaban J connectivity index is 2.32. The van der Waals surface area contributed by atoms with E-state index in [0.29, 0.717) is 27.0 Å². The van der Waals surface area contributed by atoms with Crippen molar-refractivity contribution in [3.8, 4) is 6.07 Å². The summed E-state index contributed by atoms with van der Waals surface area (Å²) in [4.78, 5) is 14.0. The highest BCUT2D eigenvalue weighted by Crippen LogP contribution is 2.26. The molecule has 0 radical (unpaired) electrons. The van der Waals surface area contributed by atoms with Crippen LogP contribution in [0.2, 0.25) is 0 Å². The maximum Gasteiger partial charge on any atom is 0.259 e. The number of nitrogens with two attached hydrogens (primary N) is 1. The van der Waals surface area contributed by atoms with Gasteiger partial charge >= 0.3 is 0 Å². The second kappa shape index (κ2) is 5.76. The zero-order valence-electron chi connectivity index (χ0n) is 10.8. The topological polar surface area (TPSA) is 70.1 Å². The molecule has 2 rings (SSSR count). The number of hydrogen-bond acceptors (Lipinski definition) is 3. The summed E-state index contributed by atoms with van der Waals surface area (Å²) in [6.45, 7) is 0. The monoisotopic (exact) mass is 329 g/mol. The highest BCUT2D eigenvalue weighted by atomic mass is 79.9. The van der Waals surface area contributed by atoms with Gasteiger partial charge in [0.1, 0.15) is 0 Å². The molecule has 0 aromatic heterocycles. The smallest absolute Gasteiger partial charge is 0.259 e. The Morgan fingerprint density at radius 2 is 1.90 bits per heavy atom. The maximum atomic E-state index is 12.4. The summed E-state index contributed by atoms with van der Waals surface area (Å²) < 4.78 is 0.588. The molecule has 0 atom stereocenters. The van der Waals surface area contributed by atoms with E-state index in [4.69, 9.17) is 11.0 Å². The lowest BCUT2D eigenvalue weighted by Crippen LogP contribution is -2.26. The van der Waals surface area contributed by atoms with Crippen molar-refractivity contribution in [1.82, 2.24) is 0 Å². The predicted molar refractivity (Wildman–Crippen MR) is 82.4 cm³/mol. The predicted octanol–water partition coefficient (Wildman–Crippen LogP) is 3.18. The molecule has 0 aliphatic rings. The van der Waals surface area contributed by atoms with Crippen LogP contribution in [0, 0.1) is 11.3 Å². The zero-order chi connectivity index (χ0) is 14.7. The molecule has 1 amide bonds. The lowest BCUT2D eigenvalue weighted by molar-refractivity contribution is 0.0992. The first kappa shape index (κ1) is 14.1. The van der Waals surface area contributed by atoms with Crippen LogP contribution >= 0.6 is 15.9 Å². The standard InChI is InChI=1S/C15H12BrN3O/c1-19(11-7-5-10(9-17)6-8-11)15(20)12-3-2-4-13(18)14(12)16/h2-8H,18H2,1H3. The molecule has 0 aliphatic heterocycles. The molecule has 20 heavy (non-hydrogen) atoms. The molecule has 0 fully saturated rings. The van der Waals surface area contributed by atoms with E-state index >= 15 is 0 Å². The molecule has 0 unspecified atom stereocenters. The van der Waals surface area contributed by atoms with Crippen LogP contribution in [0.15, 0.2) is 46.9 Å². The molecule has 2 N–H and O–H groups in total. The summed E-state index contributed by atoms with van der Waals surface area (Å²) in [5, 5.41) is 8.77. The third-order valence-electron chi connectivity index (χ3n) is 2.95. The number of halogens is 1. The van der Waals surface area contributed by atoms with Gasteiger partial charge in [0.15, 0.2) is 0 Å². The molecule has 100 valence electrons. The minimum atomic E-state index is -0.172. The fourth-order valence-corrected chi connectivity index (χ4v) is 2.21. The Hall–Kier alpha value is -2.32. The van der Waals surface area contributed by atoms with E-state index in [1.807, 2.05) is 6.07 Å². The Morgan fingerprint density at radius 1 is 1.25 bits per heavy atom. The number of benzene rings is 2. The van der Waals surface area contributed by atoms with Crippen LogP contribution in [0.5, 0.6) is 0 Å². The second-order valence-electron chi connectivity index (χ2n) is 4.23. The summed E-state index contributed by atoms with van der Waals surface area (Å²) in [7, 11) is 1.68. The molecule has 0 aliphatic carbocycles. The van der Waals surface area contributed by atoms with Crippen molar-refractivity contribution in [2.75, 3.05) is 17.7 Å². The van der Waals surface area contributed by atoms with E-state index in [1.165, 1.54) is 4.90 Å². The molecule has 0 spiro atoms. The number of nitriles is 1. The number of nitrogens with zero attached hydrogens (tertiary/aromatic N) is 2. The molecule has 0 saturated heterocycles. The van der Waals surface area contributed by atoms with Gasteiger partial charge in [-0.3, -0.25) is 4.79 Å². The highest BCUT2D eigenvalue weighted by molar-refractivity contribution is 9.10. The summed E-state index contributed by atoms with van der Waals surface area (Å²) >= 11 is 3.33. The molecule has 2 aromatic rings. The van der Waals surface area contributed by atoms with Gasteiger partial charge in [-0.15, -0.1) is 0 Å². The van der Waals surface area contributed by atoms with Gasteiger partial charge in [-0.25, -0.2) is 0 Å². The van der Waals surface area contributed by atoms with Crippen LogP contribution in [0.25, 0.3) is 0 Å². The average Bonchev–Trinajstić information content (AvgIpc) is 2.48. The minimum absolute atomic E-state index is 0.172. The van der Waals surface area contributed by atoms with Gasteiger partial charge in [0.05, 0.1) is 21.7 Å². The van der Waals surface area contributed by atoms with Crippen molar-refractivity contribution >= 4 is 33.2 Å². The third-order valence-corrected chi connectivity index (χ3v) is 3.83. The number of carbonyl (C=O) groups is 1. The Kier molecular flexibility index (Phi) is 4.06. The lowest BCUT2D eigenvalue weighted by Gasteiger charge is -2.18. The number of anilines is 2. The number of carbonyl (C=O) groups excluding carboxylic acids is 1. The Labute approximate surface area is 125 Å². The highest BCUT2D eigenvalue weighted by Gasteiger charge is 2.17. The van der Waals surface area contributed by atoms with Gasteiger partial charge in [-0.1, -0.05) is 6.07 Å². The van der Waals surface area contributed by atoms with Crippen LogP contribution < -0.4 is 10.6 Å². The molecule has 5 heteroatoms. The van der Waals surface area contributed by atoms with Crippen LogP contribution in [0.1, 0.15) is 15.9 Å². The summed E-state index contributed by atoms with van der Waals surface area (Å²) in [6, 6.07) is 14.0. The van der Waals surface area contributed by atoms with Crippen LogP contribution in [0.4, 0.5) is 11.4 Å². The molecule has 2 aromatic carbocycles. The van der Waals surface area contributed by atoms with Crippen LogP contribution in [0.3, 0.4) is 0 Å². The summed E-state index contributed by atoms with van der Waals surface area (Å²) in [5.74, 6) is -0.172. The van der Waals surface area contributed by atoms with E-state index in [9.17, 15) is 4.79 Å². The largest absolute Gasteiger partial charge is 0.398 e. The zero-order valence-corrected chi connectivity index (χ0v) is 12.4. The van der Waals surface area contributed by atoms with Crippen molar-refractivity contribution in [3.05, 3.63) is 58.1 Å². The van der Waals surface area contributed by atoms with Crippen molar-refractivity contribution in [2.45, 2.75) is 0 Å². The molecule has 4 nitrogen and oxygen atoms in total. The van der Waals surface area contributed by atoms with E-state index in [0.717, 1.165) is 0 Å². The molecule has 0 heterocycles. The van der Waals surface area contributed by atoms with Crippen molar-refractivity contribution < 1.29 is 4.79 Å². The second-order valence-corrected chi connectivity index (χ2v) is 5.02. The fraction of sp³-hybridized carbons (Fsp3) is 0.0667. The first-order valence-electron chi connectivity index (χ1n) is 5.87. The van der Waals surface area contributed by atoms with Gasteiger partial charge in [-0.2, -0.15) is 5.26 Å². The fourth-order valence-electron chi connectivity index (χ4n) is 1.77. The van der Waals surface area contributed by atoms with Crippen molar-refractivity contribution in [3.63, 3.8) is 0 Å². The first-order valence-corrected chi connectivity index (χ1v) is 6.66. The number of amides is 1. The molecular formula is C15H12BrN3O. The van der Waals surface area contributed by atoms with E-state index in [1.54, 1.807) is 49.5 Å². The molecule has 0 bridgehead atoms. The minimum Gasteiger partial charge on any atom is -0.398 e. The summed E-state index contributed by atoms with van der Waals surface area (Å²) in [6.07, 6.45) is 0. The van der Waals surface area contributed by atoms with Gasteiger partial charge in [-0.05, 0) is 52.3 Å². The quantitative estimate of drug-likeness (QED) is 0.860. The van der Waals surface area contributed by atoms with Crippen molar-refractivity contribution in [1.29, 1.82) is 5.26 Å². The number of rotatable bonds is 2. The lowest BCUT2D eigenvalue weighted by atomic mass is 10.1. The molecule has 0 saturated carbocycles. The number of nitrogen functional groups attached to an aromatic ring is 1. The number of hydrogen-bond donors (Lipinski definition) is 1. The summed E-state index contributed by atoms with van der Waals surface area (Å²) in [5.41, 5.74) is 8.06. The van der Waals surface area contributed by atoms with E-state index in [2.05, 4.69) is 15.9 Å². The Bertz CT molecular complexity index is 689. The maximum absolute atomic E-state index is 12.4. The third kappa shape index (κ3) is 2.65. The van der Waals surface area contributed by atoms with Crippen LogP contribution in [-0.2, 0) is 0 Å². The average molecular weight is 330 g/mol. The van der Waals surface area contributed by atoms with Crippen LogP contribution in [-0.4, -0.2) is 13.0 Å². The molecular weight excluding hydrogens is 318 g/mol. The van der Waals surface area contributed by atoms with E-state index < -0.39 is 0 Å². The van der Waals surface area contributed by atoms with E-state index in [-0.39, 0.29) is 5.91 Å². The Morgan fingerprint density at radius 3 is 2.50 bits per heavy atom. The van der Waals surface area contributed by atoms with Gasteiger partial charge in [0, 0.05) is 18.4 Å². The SMILES string of the molecule is CN(C(=O)c1cccc(N)c1Br)c1ccc(C#N)cc1.